The molecule has 15 heavy (non-hydrogen) atoms. The lowest BCUT2D eigenvalue weighted by molar-refractivity contribution is -0.146. The number of carbonyl (C=O) groups excluding carboxylic acids is 3. The van der Waals surface area contributed by atoms with Crippen LogP contribution in [0.1, 0.15) is 27.2 Å². The number of likely N-dealkylation sites (tertiary alicyclic amines) is 1. The van der Waals surface area contributed by atoms with E-state index in [1.165, 1.54) is 4.90 Å². The third kappa shape index (κ3) is 1.93. The van der Waals surface area contributed by atoms with E-state index in [2.05, 4.69) is 12.6 Å². The number of hydrogen-bond acceptors (Lipinski definition) is 4. The zero-order valence-electron chi connectivity index (χ0n) is 9.06. The highest BCUT2D eigenvalue weighted by Gasteiger charge is 2.46. The van der Waals surface area contributed by atoms with Gasteiger partial charge in [-0.05, 0) is 13.8 Å². The molecule has 0 N–H and O–H groups in total. The first-order valence-corrected chi connectivity index (χ1v) is 5.34. The molecular weight excluding hydrogens is 214 g/mol. The third-order valence-electron chi connectivity index (χ3n) is 3.02. The molecule has 0 spiro atoms. The topological polar surface area (TPSA) is 54.5 Å². The Balaban J connectivity index is 3.01. The van der Waals surface area contributed by atoms with Crippen LogP contribution in [0.3, 0.4) is 0 Å². The molecule has 5 heteroatoms. The first-order chi connectivity index (χ1) is 6.82. The number of carbonyl (C=O) groups is 3. The zero-order chi connectivity index (χ0) is 11.8. The van der Waals surface area contributed by atoms with Crippen molar-refractivity contribution in [1.82, 2.24) is 4.90 Å². The maximum Gasteiger partial charge on any atom is 0.243 e. The predicted octanol–water partition coefficient (Wildman–Crippen LogP) is 0.657. The molecule has 0 aromatic rings. The summed E-state index contributed by atoms with van der Waals surface area (Å²) in [5.41, 5.74) is -0.770. The van der Waals surface area contributed by atoms with Crippen LogP contribution in [0.4, 0.5) is 0 Å². The Morgan fingerprint density at radius 1 is 1.53 bits per heavy atom. The minimum atomic E-state index is -0.770. The van der Waals surface area contributed by atoms with E-state index in [0.29, 0.717) is 0 Å². The van der Waals surface area contributed by atoms with Crippen molar-refractivity contribution in [3.63, 3.8) is 0 Å². The molecule has 0 bridgehead atoms. The second-order valence-electron chi connectivity index (χ2n) is 4.37. The molecule has 0 aromatic carbocycles. The van der Waals surface area contributed by atoms with Crippen molar-refractivity contribution in [2.24, 2.45) is 5.92 Å². The number of nitrogens with zero attached hydrogens (tertiary/aromatic N) is 1. The number of imide groups is 1. The van der Waals surface area contributed by atoms with Gasteiger partial charge in [-0.3, -0.25) is 14.5 Å². The summed E-state index contributed by atoms with van der Waals surface area (Å²) in [4.78, 5) is 35.2. The molecule has 84 valence electrons. The van der Waals surface area contributed by atoms with Gasteiger partial charge in [0.1, 0.15) is 6.29 Å². The van der Waals surface area contributed by atoms with Crippen LogP contribution in [-0.4, -0.2) is 33.8 Å². The number of hydrogen-bond donors (Lipinski definition) is 1. The lowest BCUT2D eigenvalue weighted by Gasteiger charge is -2.36. The van der Waals surface area contributed by atoms with Gasteiger partial charge in [-0.1, -0.05) is 6.92 Å². The summed E-state index contributed by atoms with van der Waals surface area (Å²) in [5, 5.41) is -0.560. The molecule has 1 heterocycles. The monoisotopic (exact) mass is 229 g/mol. The molecule has 1 aliphatic rings. The Labute approximate surface area is 94.4 Å². The van der Waals surface area contributed by atoms with Gasteiger partial charge in [0.2, 0.25) is 11.8 Å². The molecule has 4 nitrogen and oxygen atoms in total. The van der Waals surface area contributed by atoms with Gasteiger partial charge in [0.25, 0.3) is 0 Å². The molecular formula is C10H15NO3S. The lowest BCUT2D eigenvalue weighted by Crippen LogP contribution is -2.52. The van der Waals surface area contributed by atoms with Gasteiger partial charge in [0.15, 0.2) is 0 Å². The Morgan fingerprint density at radius 3 is 2.40 bits per heavy atom. The maximum atomic E-state index is 11.7. The third-order valence-corrected chi connectivity index (χ3v) is 3.42. The maximum absolute atomic E-state index is 11.7. The molecule has 1 aliphatic heterocycles. The second kappa shape index (κ2) is 3.96. The summed E-state index contributed by atoms with van der Waals surface area (Å²) >= 11 is 4.04. The fraction of sp³-hybridized carbons (Fsp3) is 0.700. The van der Waals surface area contributed by atoms with E-state index in [9.17, 15) is 14.4 Å². The minimum absolute atomic E-state index is 0.122. The largest absolute Gasteiger partial charge is 0.303 e. The average Bonchev–Trinajstić information content (AvgIpc) is 2.40. The molecule has 1 saturated heterocycles. The molecule has 0 aromatic heterocycles. The summed E-state index contributed by atoms with van der Waals surface area (Å²) < 4.78 is 0. The normalized spacial score (nSPS) is 24.5. The molecule has 1 rings (SSSR count). The number of thiol groups is 1. The van der Waals surface area contributed by atoms with Crippen LogP contribution in [-0.2, 0) is 14.4 Å². The van der Waals surface area contributed by atoms with Gasteiger partial charge in [0.05, 0.1) is 10.8 Å². The highest BCUT2D eigenvalue weighted by atomic mass is 32.1. The van der Waals surface area contributed by atoms with Crippen LogP contribution in [0.15, 0.2) is 0 Å². The Morgan fingerprint density at radius 2 is 2.07 bits per heavy atom. The van der Waals surface area contributed by atoms with Crippen molar-refractivity contribution in [2.75, 3.05) is 0 Å². The molecule has 2 amide bonds. The summed E-state index contributed by atoms with van der Waals surface area (Å²) in [7, 11) is 0. The Kier molecular flexibility index (Phi) is 3.23. The van der Waals surface area contributed by atoms with E-state index in [0.717, 1.165) is 6.29 Å². The van der Waals surface area contributed by atoms with Crippen LogP contribution < -0.4 is 0 Å². The van der Waals surface area contributed by atoms with Crippen LogP contribution >= 0.6 is 12.6 Å². The smallest absolute Gasteiger partial charge is 0.243 e. The van der Waals surface area contributed by atoms with Gasteiger partial charge in [-0.2, -0.15) is 12.6 Å². The van der Waals surface area contributed by atoms with Gasteiger partial charge in [-0.25, -0.2) is 0 Å². The number of rotatable bonds is 3. The van der Waals surface area contributed by atoms with Crippen LogP contribution in [0.5, 0.6) is 0 Å². The Bertz CT molecular complexity index is 314. The van der Waals surface area contributed by atoms with E-state index in [1.807, 2.05) is 0 Å². The lowest BCUT2D eigenvalue weighted by atomic mass is 9.88. The molecule has 0 aliphatic carbocycles. The first kappa shape index (κ1) is 12.2. The predicted molar refractivity (Wildman–Crippen MR) is 58.6 cm³/mol. The van der Waals surface area contributed by atoms with Crippen molar-refractivity contribution in [1.29, 1.82) is 0 Å². The van der Waals surface area contributed by atoms with Crippen molar-refractivity contribution in [2.45, 2.75) is 38.0 Å². The zero-order valence-corrected chi connectivity index (χ0v) is 9.95. The van der Waals surface area contributed by atoms with E-state index in [1.54, 1.807) is 20.8 Å². The van der Waals surface area contributed by atoms with E-state index < -0.39 is 10.8 Å². The summed E-state index contributed by atoms with van der Waals surface area (Å²) in [6.07, 6.45) is 0.878. The van der Waals surface area contributed by atoms with Gasteiger partial charge in [-0.15, -0.1) is 0 Å². The molecule has 2 atom stereocenters. The Hall–Kier alpha value is -0.840. The molecule has 1 fully saturated rings. The average molecular weight is 229 g/mol. The quantitative estimate of drug-likeness (QED) is 0.439. The summed E-state index contributed by atoms with van der Waals surface area (Å²) in [5.74, 6) is -0.940. The van der Waals surface area contributed by atoms with Gasteiger partial charge in [0, 0.05) is 12.3 Å². The van der Waals surface area contributed by atoms with Crippen LogP contribution in [0.2, 0.25) is 0 Å². The molecule has 0 radical (unpaired) electrons. The van der Waals surface area contributed by atoms with Crippen molar-refractivity contribution >= 4 is 30.7 Å². The molecule has 0 saturated carbocycles. The molecule has 2 unspecified atom stereocenters. The fourth-order valence-corrected chi connectivity index (χ4v) is 1.86. The second-order valence-corrected chi connectivity index (χ2v) is 4.99. The van der Waals surface area contributed by atoms with Crippen LogP contribution in [0, 0.1) is 5.92 Å². The van der Waals surface area contributed by atoms with E-state index >= 15 is 0 Å². The van der Waals surface area contributed by atoms with Crippen molar-refractivity contribution in [3.8, 4) is 0 Å². The van der Waals surface area contributed by atoms with Gasteiger partial charge >= 0.3 is 0 Å². The number of aldehydes is 1. The standard InChI is InChI=1S/C10H15NO3S/c1-6(5-12)10(2,3)11-8(13)4-7(15)9(11)14/h5-7,15H,4H2,1-3H3. The van der Waals surface area contributed by atoms with E-state index in [4.69, 9.17) is 0 Å². The summed E-state index contributed by atoms with van der Waals surface area (Å²) in [6.45, 7) is 5.13. The highest BCUT2D eigenvalue weighted by molar-refractivity contribution is 7.81. The van der Waals surface area contributed by atoms with E-state index in [-0.39, 0.29) is 24.2 Å². The highest BCUT2D eigenvalue weighted by Crippen LogP contribution is 2.30. The fourth-order valence-electron chi connectivity index (χ4n) is 1.59. The SMILES string of the molecule is CC(C=O)C(C)(C)N1C(=O)CC(S)C1=O. The minimum Gasteiger partial charge on any atom is -0.303 e. The number of amides is 2. The van der Waals surface area contributed by atoms with Crippen LogP contribution in [0.25, 0.3) is 0 Å². The first-order valence-electron chi connectivity index (χ1n) is 4.82. The van der Waals surface area contributed by atoms with Crippen molar-refractivity contribution < 1.29 is 14.4 Å². The van der Waals surface area contributed by atoms with Gasteiger partial charge < -0.3 is 4.79 Å². The summed E-state index contributed by atoms with van der Waals surface area (Å²) in [6, 6.07) is 0. The van der Waals surface area contributed by atoms with Crippen molar-refractivity contribution in [3.05, 3.63) is 0 Å².